The molecule has 1 aliphatic heterocycles. The van der Waals surface area contributed by atoms with Crippen LogP contribution in [0.5, 0.6) is 0 Å². The van der Waals surface area contributed by atoms with Crippen molar-refractivity contribution in [3.63, 3.8) is 0 Å². The summed E-state index contributed by atoms with van der Waals surface area (Å²) in [5.41, 5.74) is 1.36. The lowest BCUT2D eigenvalue weighted by Crippen LogP contribution is -2.47. The first-order chi connectivity index (χ1) is 13.9. The number of benzene rings is 1. The van der Waals surface area contributed by atoms with E-state index in [4.69, 9.17) is 13.9 Å². The van der Waals surface area contributed by atoms with Crippen LogP contribution in [0.4, 0.5) is 0 Å². The maximum absolute atomic E-state index is 12.4. The van der Waals surface area contributed by atoms with Gasteiger partial charge in [-0.2, -0.15) is 0 Å². The van der Waals surface area contributed by atoms with Gasteiger partial charge in [0, 0.05) is 24.5 Å². The van der Waals surface area contributed by atoms with Crippen LogP contribution in [0.15, 0.2) is 40.3 Å². The molecule has 2 aromatic rings. The molecule has 0 unspecified atom stereocenters. The van der Waals surface area contributed by atoms with Crippen molar-refractivity contribution in [3.05, 3.63) is 52.8 Å². The van der Waals surface area contributed by atoms with Gasteiger partial charge in [-0.3, -0.25) is 0 Å². The Hall–Kier alpha value is -3.35. The SMILES string of the molecule is Cc1ccc(C(=O)O)cc1-c1ccc(C=C2C(=O)OC3(CCCCC3)OC2=O)o1. The molecule has 1 aliphatic carbocycles. The van der Waals surface area contributed by atoms with Crippen molar-refractivity contribution in [3.8, 4) is 11.3 Å². The van der Waals surface area contributed by atoms with E-state index in [1.165, 1.54) is 18.2 Å². The number of carbonyl (C=O) groups is 3. The highest BCUT2D eigenvalue weighted by Crippen LogP contribution is 2.37. The molecular formula is C22H20O7. The number of hydrogen-bond acceptors (Lipinski definition) is 6. The van der Waals surface area contributed by atoms with Crippen LogP contribution in [0.2, 0.25) is 0 Å². The Bertz CT molecular complexity index is 1000. The van der Waals surface area contributed by atoms with Gasteiger partial charge in [0.05, 0.1) is 5.56 Å². The summed E-state index contributed by atoms with van der Waals surface area (Å²) in [4.78, 5) is 36.1. The van der Waals surface area contributed by atoms with Crippen LogP contribution in [0.3, 0.4) is 0 Å². The molecule has 1 spiro atoms. The van der Waals surface area contributed by atoms with Crippen LogP contribution in [0.25, 0.3) is 17.4 Å². The second-order valence-electron chi connectivity index (χ2n) is 7.35. The van der Waals surface area contributed by atoms with Gasteiger partial charge in [-0.15, -0.1) is 0 Å². The zero-order valence-corrected chi connectivity index (χ0v) is 15.9. The molecule has 1 N–H and O–H groups in total. The second-order valence-corrected chi connectivity index (χ2v) is 7.35. The van der Waals surface area contributed by atoms with E-state index in [2.05, 4.69) is 0 Å². The topological polar surface area (TPSA) is 103 Å². The van der Waals surface area contributed by atoms with Crippen molar-refractivity contribution in [1.29, 1.82) is 0 Å². The first-order valence-electron chi connectivity index (χ1n) is 9.49. The molecule has 1 saturated heterocycles. The second kappa shape index (κ2) is 7.24. The monoisotopic (exact) mass is 396 g/mol. The number of carboxylic acid groups (broad SMARTS) is 1. The van der Waals surface area contributed by atoms with Crippen LogP contribution >= 0.6 is 0 Å². The minimum Gasteiger partial charge on any atom is -0.478 e. The third kappa shape index (κ3) is 3.68. The molecule has 1 saturated carbocycles. The molecular weight excluding hydrogens is 376 g/mol. The standard InChI is InChI=1S/C22H20O7/c1-13-5-6-14(19(23)24)11-16(13)18-8-7-15(27-18)12-17-20(25)28-22(29-21(17)26)9-3-2-4-10-22/h5-8,11-12H,2-4,9-10H2,1H3,(H,23,24). The smallest absolute Gasteiger partial charge is 0.349 e. The highest BCUT2D eigenvalue weighted by molar-refractivity contribution is 6.18. The molecule has 1 aromatic carbocycles. The van der Waals surface area contributed by atoms with E-state index < -0.39 is 23.7 Å². The first-order valence-corrected chi connectivity index (χ1v) is 9.49. The summed E-state index contributed by atoms with van der Waals surface area (Å²) in [5, 5.41) is 9.19. The third-order valence-corrected chi connectivity index (χ3v) is 5.28. The molecule has 0 bridgehead atoms. The number of esters is 2. The number of carbonyl (C=O) groups excluding carboxylic acids is 2. The summed E-state index contributed by atoms with van der Waals surface area (Å²) in [6, 6.07) is 7.98. The van der Waals surface area contributed by atoms with Crippen LogP contribution < -0.4 is 0 Å². The molecule has 0 amide bonds. The minimum absolute atomic E-state index is 0.138. The molecule has 0 radical (unpaired) electrons. The fourth-order valence-corrected chi connectivity index (χ4v) is 3.70. The van der Waals surface area contributed by atoms with Crippen molar-refractivity contribution in [2.75, 3.05) is 0 Å². The fourth-order valence-electron chi connectivity index (χ4n) is 3.70. The summed E-state index contributed by atoms with van der Waals surface area (Å²) in [6.45, 7) is 1.83. The Labute approximate surface area is 166 Å². The predicted octanol–water partition coefficient (Wildman–Crippen LogP) is 4.10. The van der Waals surface area contributed by atoms with E-state index in [0.29, 0.717) is 24.2 Å². The number of furan rings is 1. The lowest BCUT2D eigenvalue weighted by Gasteiger charge is -2.38. The number of ether oxygens (including phenoxy) is 2. The van der Waals surface area contributed by atoms with Gasteiger partial charge in [0.25, 0.3) is 5.79 Å². The lowest BCUT2D eigenvalue weighted by atomic mass is 9.93. The first kappa shape index (κ1) is 19.0. The zero-order valence-electron chi connectivity index (χ0n) is 15.9. The van der Waals surface area contributed by atoms with Gasteiger partial charge in [0.2, 0.25) is 0 Å². The fraction of sp³-hybridized carbons (Fsp3) is 0.318. The normalized spacial score (nSPS) is 18.3. The largest absolute Gasteiger partial charge is 0.478 e. The predicted molar refractivity (Wildman–Crippen MR) is 102 cm³/mol. The van der Waals surface area contributed by atoms with E-state index >= 15 is 0 Å². The zero-order chi connectivity index (χ0) is 20.6. The number of rotatable bonds is 3. The Morgan fingerprint density at radius 1 is 1.03 bits per heavy atom. The molecule has 7 nitrogen and oxygen atoms in total. The molecule has 2 aliphatic rings. The number of hydrogen-bond donors (Lipinski definition) is 1. The van der Waals surface area contributed by atoms with Crippen molar-refractivity contribution in [2.45, 2.75) is 44.8 Å². The molecule has 2 heterocycles. The summed E-state index contributed by atoms with van der Waals surface area (Å²) in [5.74, 6) is -2.91. The van der Waals surface area contributed by atoms with Crippen molar-refractivity contribution in [2.24, 2.45) is 0 Å². The summed E-state index contributed by atoms with van der Waals surface area (Å²) >= 11 is 0. The van der Waals surface area contributed by atoms with Crippen LogP contribution in [0, 0.1) is 6.92 Å². The minimum atomic E-state index is -1.13. The number of aryl methyl sites for hydroxylation is 1. The quantitative estimate of drug-likeness (QED) is 0.473. The van der Waals surface area contributed by atoms with E-state index in [0.717, 1.165) is 24.8 Å². The molecule has 150 valence electrons. The van der Waals surface area contributed by atoms with Crippen molar-refractivity contribution >= 4 is 24.0 Å². The lowest BCUT2D eigenvalue weighted by molar-refractivity contribution is -0.244. The molecule has 2 fully saturated rings. The molecule has 1 aromatic heterocycles. The number of carboxylic acids is 1. The summed E-state index contributed by atoms with van der Waals surface area (Å²) in [6.07, 6.45) is 5.03. The third-order valence-electron chi connectivity index (χ3n) is 5.28. The maximum Gasteiger partial charge on any atom is 0.349 e. The van der Waals surface area contributed by atoms with Gasteiger partial charge in [0.1, 0.15) is 17.1 Å². The van der Waals surface area contributed by atoms with Gasteiger partial charge >= 0.3 is 17.9 Å². The Morgan fingerprint density at radius 2 is 1.72 bits per heavy atom. The van der Waals surface area contributed by atoms with E-state index in [1.54, 1.807) is 18.2 Å². The average molecular weight is 396 g/mol. The Morgan fingerprint density at radius 3 is 2.38 bits per heavy atom. The van der Waals surface area contributed by atoms with E-state index in [9.17, 15) is 19.5 Å². The van der Waals surface area contributed by atoms with Gasteiger partial charge < -0.3 is 19.0 Å². The Kier molecular flexibility index (Phi) is 4.74. The van der Waals surface area contributed by atoms with Gasteiger partial charge in [-0.05, 0) is 49.6 Å². The Balaban J connectivity index is 1.60. The average Bonchev–Trinajstić information content (AvgIpc) is 3.14. The molecule has 29 heavy (non-hydrogen) atoms. The highest BCUT2D eigenvalue weighted by Gasteiger charge is 2.46. The van der Waals surface area contributed by atoms with Gasteiger partial charge in [-0.1, -0.05) is 12.5 Å². The van der Waals surface area contributed by atoms with Crippen molar-refractivity contribution < 1.29 is 33.4 Å². The highest BCUT2D eigenvalue weighted by atomic mass is 16.7. The van der Waals surface area contributed by atoms with Crippen LogP contribution in [0.1, 0.15) is 53.8 Å². The molecule has 4 rings (SSSR count). The van der Waals surface area contributed by atoms with Gasteiger partial charge in [-0.25, -0.2) is 14.4 Å². The number of aromatic carboxylic acids is 1. The molecule has 7 heteroatoms. The van der Waals surface area contributed by atoms with E-state index in [1.807, 2.05) is 6.92 Å². The molecule has 0 atom stereocenters. The van der Waals surface area contributed by atoms with E-state index in [-0.39, 0.29) is 16.9 Å². The van der Waals surface area contributed by atoms with Gasteiger partial charge in [0.15, 0.2) is 0 Å². The van der Waals surface area contributed by atoms with Crippen molar-refractivity contribution in [1.82, 2.24) is 0 Å². The van der Waals surface area contributed by atoms with Crippen LogP contribution in [-0.4, -0.2) is 28.8 Å². The summed E-state index contributed by atoms with van der Waals surface area (Å²) < 4.78 is 16.7. The maximum atomic E-state index is 12.4. The summed E-state index contributed by atoms with van der Waals surface area (Å²) in [7, 11) is 0. The van der Waals surface area contributed by atoms with Crippen LogP contribution in [-0.2, 0) is 19.1 Å².